The largest absolute Gasteiger partial charge is 0.333 e. The summed E-state index contributed by atoms with van der Waals surface area (Å²) in [5, 5.41) is 2.93. The van der Waals surface area contributed by atoms with E-state index in [0.717, 1.165) is 29.2 Å². The van der Waals surface area contributed by atoms with E-state index in [0.29, 0.717) is 10.2 Å². The first-order valence-electron chi connectivity index (χ1n) is 7.00. The number of H-pyrrole nitrogens is 1. The summed E-state index contributed by atoms with van der Waals surface area (Å²) in [7, 11) is 0. The number of carbonyl (C=O) groups is 1. The molecule has 0 radical (unpaired) electrons. The van der Waals surface area contributed by atoms with Gasteiger partial charge in [0.15, 0.2) is 5.16 Å². The van der Waals surface area contributed by atoms with Gasteiger partial charge in [-0.15, -0.1) is 0 Å². The fourth-order valence-corrected chi connectivity index (χ4v) is 3.06. The molecule has 4 nitrogen and oxygen atoms in total. The summed E-state index contributed by atoms with van der Waals surface area (Å²) >= 11 is 7.09. The highest BCUT2D eigenvalue weighted by atomic mass is 35.5. The van der Waals surface area contributed by atoms with Crippen LogP contribution in [0.2, 0.25) is 5.02 Å². The summed E-state index contributed by atoms with van der Waals surface area (Å²) in [6.45, 7) is 1.65. The molecule has 0 saturated carbocycles. The van der Waals surface area contributed by atoms with Crippen molar-refractivity contribution in [2.24, 2.45) is 0 Å². The highest BCUT2D eigenvalue weighted by Crippen LogP contribution is 2.26. The van der Waals surface area contributed by atoms with Gasteiger partial charge in [-0.25, -0.2) is 13.8 Å². The van der Waals surface area contributed by atoms with E-state index in [1.54, 1.807) is 25.1 Å². The predicted octanol–water partition coefficient (Wildman–Crippen LogP) is 4.61. The number of hydrogen-bond donors (Lipinski definition) is 2. The summed E-state index contributed by atoms with van der Waals surface area (Å²) in [5.74, 6) is -1.77. The molecule has 0 spiro atoms. The van der Waals surface area contributed by atoms with Crippen LogP contribution < -0.4 is 5.32 Å². The molecule has 3 aromatic rings. The van der Waals surface area contributed by atoms with Crippen molar-refractivity contribution in [2.45, 2.75) is 17.3 Å². The van der Waals surface area contributed by atoms with Gasteiger partial charge in [-0.05, 0) is 37.3 Å². The Morgan fingerprint density at radius 3 is 2.88 bits per heavy atom. The van der Waals surface area contributed by atoms with E-state index in [2.05, 4.69) is 15.3 Å². The Labute approximate surface area is 145 Å². The minimum absolute atomic E-state index is 0.191. The van der Waals surface area contributed by atoms with Crippen molar-refractivity contribution >= 4 is 46.0 Å². The summed E-state index contributed by atoms with van der Waals surface area (Å²) in [4.78, 5) is 19.6. The Hall–Kier alpha value is -2.12. The van der Waals surface area contributed by atoms with Crippen molar-refractivity contribution in [3.05, 3.63) is 53.1 Å². The van der Waals surface area contributed by atoms with Crippen molar-refractivity contribution in [1.82, 2.24) is 9.97 Å². The van der Waals surface area contributed by atoms with Gasteiger partial charge in [0.2, 0.25) is 5.91 Å². The molecule has 0 aliphatic rings. The predicted molar refractivity (Wildman–Crippen MR) is 91.4 cm³/mol. The lowest BCUT2D eigenvalue weighted by molar-refractivity contribution is -0.115. The average molecular weight is 368 g/mol. The lowest BCUT2D eigenvalue weighted by atomic mass is 10.3. The minimum atomic E-state index is -0.694. The Bertz CT molecular complexity index is 915. The summed E-state index contributed by atoms with van der Waals surface area (Å²) < 4.78 is 26.7. The third-order valence-corrected chi connectivity index (χ3v) is 4.49. The van der Waals surface area contributed by atoms with Gasteiger partial charge in [0.25, 0.3) is 0 Å². The lowest BCUT2D eigenvalue weighted by Gasteiger charge is -2.11. The molecule has 1 amide bonds. The van der Waals surface area contributed by atoms with Gasteiger partial charge in [-0.3, -0.25) is 4.79 Å². The number of amides is 1. The normalized spacial score (nSPS) is 12.3. The Morgan fingerprint density at radius 1 is 1.29 bits per heavy atom. The molecule has 0 saturated heterocycles. The number of thioether (sulfide) groups is 1. The first-order valence-corrected chi connectivity index (χ1v) is 8.26. The summed E-state index contributed by atoms with van der Waals surface area (Å²) in [6.07, 6.45) is 0. The van der Waals surface area contributed by atoms with Crippen LogP contribution in [0.4, 0.5) is 14.5 Å². The van der Waals surface area contributed by atoms with Gasteiger partial charge in [0, 0.05) is 11.1 Å². The van der Waals surface area contributed by atoms with Crippen molar-refractivity contribution < 1.29 is 13.6 Å². The number of fused-ring (bicyclic) bond motifs is 1. The Kier molecular flexibility index (Phi) is 4.73. The van der Waals surface area contributed by atoms with Gasteiger partial charge < -0.3 is 10.3 Å². The maximum atomic E-state index is 13.6. The molecule has 1 aromatic heterocycles. The number of nitrogens with zero attached hydrogens (tertiary/aromatic N) is 1. The van der Waals surface area contributed by atoms with Gasteiger partial charge in [-0.1, -0.05) is 23.4 Å². The van der Waals surface area contributed by atoms with Crippen molar-refractivity contribution in [3.63, 3.8) is 0 Å². The van der Waals surface area contributed by atoms with Gasteiger partial charge in [0.1, 0.15) is 11.6 Å². The SMILES string of the molecule is CC(Sc1nc2ccc(Cl)cc2[nH]1)C(=O)Nc1cc(F)ccc1F. The molecule has 1 atom stereocenters. The van der Waals surface area contributed by atoms with Gasteiger partial charge in [0.05, 0.1) is 22.0 Å². The van der Waals surface area contributed by atoms with Crippen LogP contribution in [-0.4, -0.2) is 21.1 Å². The molecule has 0 aliphatic carbocycles. The third-order valence-electron chi connectivity index (χ3n) is 3.27. The van der Waals surface area contributed by atoms with Crippen LogP contribution in [-0.2, 0) is 4.79 Å². The Balaban J connectivity index is 1.72. The maximum Gasteiger partial charge on any atom is 0.237 e. The van der Waals surface area contributed by atoms with Crippen molar-refractivity contribution in [3.8, 4) is 0 Å². The average Bonchev–Trinajstić information content (AvgIpc) is 2.92. The standard InChI is InChI=1S/C16H12ClF2N3OS/c1-8(15(23)20-13-7-10(18)3-4-11(13)19)24-16-21-12-5-2-9(17)6-14(12)22-16/h2-8H,1H3,(H,20,23)(H,21,22). The number of carbonyl (C=O) groups excluding carboxylic acids is 1. The van der Waals surface area contributed by atoms with E-state index in [9.17, 15) is 13.6 Å². The molecule has 0 bridgehead atoms. The second-order valence-electron chi connectivity index (χ2n) is 5.08. The van der Waals surface area contributed by atoms with Crippen LogP contribution in [0.1, 0.15) is 6.92 Å². The first kappa shape index (κ1) is 16.7. The van der Waals surface area contributed by atoms with Gasteiger partial charge >= 0.3 is 0 Å². The highest BCUT2D eigenvalue weighted by Gasteiger charge is 2.18. The molecule has 3 rings (SSSR count). The van der Waals surface area contributed by atoms with Crippen LogP contribution in [0, 0.1) is 11.6 Å². The monoisotopic (exact) mass is 367 g/mol. The molecular formula is C16H12ClF2N3OS. The first-order chi connectivity index (χ1) is 11.4. The van der Waals surface area contributed by atoms with E-state index >= 15 is 0 Å². The zero-order chi connectivity index (χ0) is 17.3. The number of rotatable bonds is 4. The lowest BCUT2D eigenvalue weighted by Crippen LogP contribution is -2.23. The second-order valence-corrected chi connectivity index (χ2v) is 6.84. The maximum absolute atomic E-state index is 13.6. The fourth-order valence-electron chi connectivity index (χ4n) is 2.06. The molecule has 124 valence electrons. The fraction of sp³-hybridized carbons (Fsp3) is 0.125. The molecule has 8 heteroatoms. The van der Waals surface area contributed by atoms with Crippen LogP contribution in [0.3, 0.4) is 0 Å². The van der Waals surface area contributed by atoms with E-state index < -0.39 is 22.8 Å². The molecule has 1 unspecified atom stereocenters. The second kappa shape index (κ2) is 6.78. The molecule has 2 aromatic carbocycles. The topological polar surface area (TPSA) is 57.8 Å². The van der Waals surface area contributed by atoms with Gasteiger partial charge in [-0.2, -0.15) is 0 Å². The van der Waals surface area contributed by atoms with Crippen LogP contribution >= 0.6 is 23.4 Å². The number of hydrogen-bond acceptors (Lipinski definition) is 3. The molecule has 24 heavy (non-hydrogen) atoms. The van der Waals surface area contributed by atoms with Crippen molar-refractivity contribution in [1.29, 1.82) is 0 Å². The highest BCUT2D eigenvalue weighted by molar-refractivity contribution is 8.00. The molecular weight excluding hydrogens is 356 g/mol. The van der Waals surface area contributed by atoms with E-state index in [-0.39, 0.29) is 5.69 Å². The Morgan fingerprint density at radius 2 is 2.08 bits per heavy atom. The number of halogens is 3. The van der Waals surface area contributed by atoms with E-state index in [4.69, 9.17) is 11.6 Å². The number of nitrogens with one attached hydrogen (secondary N) is 2. The third kappa shape index (κ3) is 3.68. The number of aromatic nitrogens is 2. The quantitative estimate of drug-likeness (QED) is 0.662. The molecule has 0 aliphatic heterocycles. The summed E-state index contributed by atoms with van der Waals surface area (Å²) in [5.41, 5.74) is 1.29. The van der Waals surface area contributed by atoms with Crippen LogP contribution in [0.25, 0.3) is 11.0 Å². The number of aromatic amines is 1. The number of benzene rings is 2. The van der Waals surface area contributed by atoms with E-state index in [1.165, 1.54) is 11.8 Å². The molecule has 2 N–H and O–H groups in total. The summed E-state index contributed by atoms with van der Waals surface area (Å²) in [6, 6.07) is 8.12. The molecule has 1 heterocycles. The van der Waals surface area contributed by atoms with Crippen LogP contribution in [0.15, 0.2) is 41.6 Å². The van der Waals surface area contributed by atoms with E-state index in [1.807, 2.05) is 0 Å². The smallest absolute Gasteiger partial charge is 0.237 e. The van der Waals surface area contributed by atoms with Crippen LogP contribution in [0.5, 0.6) is 0 Å². The molecule has 0 fully saturated rings. The zero-order valence-corrected chi connectivity index (χ0v) is 14.0. The minimum Gasteiger partial charge on any atom is -0.333 e. The number of anilines is 1. The number of imidazole rings is 1. The van der Waals surface area contributed by atoms with Crippen molar-refractivity contribution in [2.75, 3.05) is 5.32 Å². The zero-order valence-electron chi connectivity index (χ0n) is 12.4.